The summed E-state index contributed by atoms with van der Waals surface area (Å²) in [6, 6.07) is 2.41. The number of rotatable bonds is 4. The maximum atomic E-state index is 9.35. The van der Waals surface area contributed by atoms with Crippen molar-refractivity contribution in [2.45, 2.75) is 31.8 Å². The van der Waals surface area contributed by atoms with Crippen molar-refractivity contribution in [2.75, 3.05) is 14.2 Å². The summed E-state index contributed by atoms with van der Waals surface area (Å²) in [5.74, 6) is 0.735. The van der Waals surface area contributed by atoms with Crippen LogP contribution in [0.3, 0.4) is 0 Å². The Balaban J connectivity index is 2.59. The van der Waals surface area contributed by atoms with Gasteiger partial charge in [-0.2, -0.15) is 5.26 Å². The zero-order valence-corrected chi connectivity index (χ0v) is 10.4. The number of nitriles is 1. The van der Waals surface area contributed by atoms with Crippen LogP contribution in [-0.4, -0.2) is 19.2 Å². The first-order valence-electron chi connectivity index (χ1n) is 5.61. The van der Waals surface area contributed by atoms with Crippen LogP contribution in [0.5, 0.6) is 5.75 Å². The van der Waals surface area contributed by atoms with Gasteiger partial charge in [-0.15, -0.1) is 0 Å². The molecule has 0 N–H and O–H groups in total. The van der Waals surface area contributed by atoms with E-state index >= 15 is 0 Å². The van der Waals surface area contributed by atoms with E-state index in [1.165, 1.54) is 0 Å². The fraction of sp³-hybridized carbons (Fsp3) is 0.538. The molecule has 2 rings (SSSR count). The van der Waals surface area contributed by atoms with Gasteiger partial charge >= 0.3 is 0 Å². The molecule has 0 spiro atoms. The van der Waals surface area contributed by atoms with E-state index in [9.17, 15) is 5.26 Å². The van der Waals surface area contributed by atoms with Crippen LogP contribution >= 0.6 is 0 Å². The van der Waals surface area contributed by atoms with Crippen LogP contribution in [0, 0.1) is 18.3 Å². The van der Waals surface area contributed by atoms with Crippen molar-refractivity contribution >= 4 is 0 Å². The van der Waals surface area contributed by atoms with Crippen molar-refractivity contribution in [2.24, 2.45) is 0 Å². The normalized spacial score (nSPS) is 16.4. The minimum Gasteiger partial charge on any atom is -0.494 e. The van der Waals surface area contributed by atoms with Crippen molar-refractivity contribution in [3.05, 3.63) is 23.0 Å². The van der Waals surface area contributed by atoms with Crippen LogP contribution in [0.15, 0.2) is 6.20 Å². The van der Waals surface area contributed by atoms with Gasteiger partial charge in [-0.1, -0.05) is 0 Å². The highest BCUT2D eigenvalue weighted by Gasteiger charge is 2.48. The molecular weight excluding hydrogens is 216 g/mol. The Hall–Kier alpha value is -1.60. The molecule has 1 heterocycles. The number of methoxy groups -OCH3 is 2. The van der Waals surface area contributed by atoms with E-state index in [-0.39, 0.29) is 5.41 Å². The molecule has 1 saturated carbocycles. The number of ether oxygens (including phenoxy) is 2. The van der Waals surface area contributed by atoms with Gasteiger partial charge in [-0.05, 0) is 19.8 Å². The molecule has 1 fully saturated rings. The highest BCUT2D eigenvalue weighted by Crippen LogP contribution is 2.52. The van der Waals surface area contributed by atoms with Crippen LogP contribution in [0.1, 0.15) is 29.7 Å². The highest BCUT2D eigenvalue weighted by molar-refractivity contribution is 5.53. The lowest BCUT2D eigenvalue weighted by molar-refractivity contribution is 0.183. The second-order valence-corrected chi connectivity index (χ2v) is 4.40. The highest BCUT2D eigenvalue weighted by atomic mass is 16.5. The van der Waals surface area contributed by atoms with Crippen molar-refractivity contribution in [1.82, 2.24) is 4.98 Å². The first-order valence-corrected chi connectivity index (χ1v) is 5.61. The number of aromatic nitrogens is 1. The molecule has 4 nitrogen and oxygen atoms in total. The fourth-order valence-corrected chi connectivity index (χ4v) is 2.21. The minimum absolute atomic E-state index is 0.382. The predicted octanol–water partition coefficient (Wildman–Crippen LogP) is 2.10. The van der Waals surface area contributed by atoms with E-state index in [2.05, 4.69) is 11.1 Å². The molecule has 17 heavy (non-hydrogen) atoms. The topological polar surface area (TPSA) is 55.1 Å². The van der Waals surface area contributed by atoms with Gasteiger partial charge in [0.25, 0.3) is 0 Å². The summed E-state index contributed by atoms with van der Waals surface area (Å²) >= 11 is 0. The number of pyridine rings is 1. The first kappa shape index (κ1) is 11.9. The maximum Gasteiger partial charge on any atom is 0.145 e. The number of hydrogen-bond acceptors (Lipinski definition) is 4. The SMILES string of the molecule is COCc1cnc(C)c(OC)c1C1(C#N)CC1. The summed E-state index contributed by atoms with van der Waals surface area (Å²) in [6.45, 7) is 2.36. The second-order valence-electron chi connectivity index (χ2n) is 4.40. The second kappa shape index (κ2) is 4.34. The lowest BCUT2D eigenvalue weighted by Crippen LogP contribution is -2.12. The Morgan fingerprint density at radius 3 is 2.65 bits per heavy atom. The molecule has 1 aromatic rings. The first-order chi connectivity index (χ1) is 8.18. The van der Waals surface area contributed by atoms with E-state index in [1.807, 2.05) is 6.92 Å². The average molecular weight is 232 g/mol. The monoisotopic (exact) mass is 232 g/mol. The largest absolute Gasteiger partial charge is 0.494 e. The van der Waals surface area contributed by atoms with Gasteiger partial charge in [0.05, 0.1) is 30.9 Å². The quantitative estimate of drug-likeness (QED) is 0.797. The third kappa shape index (κ3) is 1.87. The summed E-state index contributed by atoms with van der Waals surface area (Å²) in [4.78, 5) is 4.29. The smallest absolute Gasteiger partial charge is 0.145 e. The Labute approximate surface area is 101 Å². The molecule has 0 radical (unpaired) electrons. The standard InChI is InChI=1S/C13H16N2O2/c1-9-12(17-3)11(13(8-14)4-5-13)10(6-15-9)7-16-2/h6H,4-5,7H2,1-3H3. The van der Waals surface area contributed by atoms with E-state index in [4.69, 9.17) is 9.47 Å². The van der Waals surface area contributed by atoms with Gasteiger partial charge in [-0.25, -0.2) is 0 Å². The van der Waals surface area contributed by atoms with Gasteiger partial charge in [-0.3, -0.25) is 4.98 Å². The van der Waals surface area contributed by atoms with Crippen molar-refractivity contribution in [3.63, 3.8) is 0 Å². The van der Waals surface area contributed by atoms with Gasteiger partial charge in [0.1, 0.15) is 5.75 Å². The van der Waals surface area contributed by atoms with E-state index in [0.717, 1.165) is 35.4 Å². The molecule has 1 aromatic heterocycles. The zero-order chi connectivity index (χ0) is 12.5. The lowest BCUT2D eigenvalue weighted by Gasteiger charge is -2.18. The number of aryl methyl sites for hydroxylation is 1. The summed E-state index contributed by atoms with van der Waals surface area (Å²) in [6.07, 6.45) is 3.56. The third-order valence-corrected chi connectivity index (χ3v) is 3.24. The molecule has 0 bridgehead atoms. The Kier molecular flexibility index (Phi) is 3.03. The Bertz CT molecular complexity index is 473. The minimum atomic E-state index is -0.382. The molecule has 0 saturated heterocycles. The molecule has 4 heteroatoms. The van der Waals surface area contributed by atoms with Crippen LogP contribution in [-0.2, 0) is 16.8 Å². The van der Waals surface area contributed by atoms with E-state index in [1.54, 1.807) is 20.4 Å². The Morgan fingerprint density at radius 2 is 2.18 bits per heavy atom. The van der Waals surface area contributed by atoms with Gasteiger partial charge in [0.2, 0.25) is 0 Å². The fourth-order valence-electron chi connectivity index (χ4n) is 2.21. The molecule has 0 unspecified atom stereocenters. The molecule has 0 aromatic carbocycles. The molecule has 0 aliphatic heterocycles. The summed E-state index contributed by atoms with van der Waals surface area (Å²) in [5, 5.41) is 9.35. The number of hydrogen-bond donors (Lipinski definition) is 0. The molecule has 1 aliphatic rings. The maximum absolute atomic E-state index is 9.35. The van der Waals surface area contributed by atoms with Gasteiger partial charge in [0, 0.05) is 24.4 Å². The third-order valence-electron chi connectivity index (χ3n) is 3.24. The van der Waals surface area contributed by atoms with Crippen molar-refractivity contribution in [3.8, 4) is 11.8 Å². The zero-order valence-electron chi connectivity index (χ0n) is 10.4. The molecule has 1 aliphatic carbocycles. The molecule has 0 amide bonds. The molecular formula is C13H16N2O2. The van der Waals surface area contributed by atoms with Crippen LogP contribution in [0.25, 0.3) is 0 Å². The van der Waals surface area contributed by atoms with Gasteiger partial charge in [0.15, 0.2) is 0 Å². The van der Waals surface area contributed by atoms with Crippen LogP contribution in [0.4, 0.5) is 0 Å². The molecule has 0 atom stereocenters. The van der Waals surface area contributed by atoms with E-state index < -0.39 is 0 Å². The Morgan fingerprint density at radius 1 is 1.47 bits per heavy atom. The van der Waals surface area contributed by atoms with E-state index in [0.29, 0.717) is 6.61 Å². The number of nitrogens with zero attached hydrogens (tertiary/aromatic N) is 2. The van der Waals surface area contributed by atoms with Crippen LogP contribution < -0.4 is 4.74 Å². The summed E-state index contributed by atoms with van der Waals surface area (Å²) in [7, 11) is 3.26. The summed E-state index contributed by atoms with van der Waals surface area (Å²) in [5.41, 5.74) is 2.36. The average Bonchev–Trinajstić information content (AvgIpc) is 3.12. The molecule has 90 valence electrons. The van der Waals surface area contributed by atoms with Crippen molar-refractivity contribution < 1.29 is 9.47 Å². The predicted molar refractivity (Wildman–Crippen MR) is 62.8 cm³/mol. The van der Waals surface area contributed by atoms with Gasteiger partial charge < -0.3 is 9.47 Å². The van der Waals surface area contributed by atoms with Crippen molar-refractivity contribution in [1.29, 1.82) is 5.26 Å². The lowest BCUT2D eigenvalue weighted by atomic mass is 9.92. The van der Waals surface area contributed by atoms with Crippen LogP contribution in [0.2, 0.25) is 0 Å². The summed E-state index contributed by atoms with van der Waals surface area (Å²) < 4.78 is 10.6.